The third-order valence-electron chi connectivity index (χ3n) is 3.48. The minimum Gasteiger partial charge on any atom is -0.495 e. The molecule has 4 heteroatoms. The molecule has 2 aromatic carbocycles. The van der Waals surface area contributed by atoms with Crippen LogP contribution in [-0.4, -0.2) is 16.7 Å². The number of nitrogens with two attached hydrogens (primary N) is 1. The summed E-state index contributed by atoms with van der Waals surface area (Å²) in [6.45, 7) is 4.10. The summed E-state index contributed by atoms with van der Waals surface area (Å²) >= 11 is 0. The molecule has 3 aromatic rings. The molecular formula is C16H17N3O. The van der Waals surface area contributed by atoms with Crippen LogP contribution in [0.15, 0.2) is 36.4 Å². The number of hydrogen-bond acceptors (Lipinski definition) is 3. The van der Waals surface area contributed by atoms with E-state index in [0.717, 1.165) is 33.6 Å². The fourth-order valence-corrected chi connectivity index (χ4v) is 2.53. The summed E-state index contributed by atoms with van der Waals surface area (Å²) < 4.78 is 7.42. The van der Waals surface area contributed by atoms with Gasteiger partial charge in [0.05, 0.1) is 23.8 Å². The van der Waals surface area contributed by atoms with Crippen molar-refractivity contribution in [2.24, 2.45) is 0 Å². The Morgan fingerprint density at radius 1 is 1.15 bits per heavy atom. The van der Waals surface area contributed by atoms with Crippen LogP contribution in [0.5, 0.6) is 5.75 Å². The van der Waals surface area contributed by atoms with Crippen molar-refractivity contribution in [2.75, 3.05) is 12.8 Å². The van der Waals surface area contributed by atoms with Gasteiger partial charge in [-0.3, -0.25) is 4.57 Å². The van der Waals surface area contributed by atoms with E-state index in [2.05, 4.69) is 24.0 Å². The molecule has 1 aromatic heterocycles. The highest BCUT2D eigenvalue weighted by molar-refractivity contribution is 5.84. The second-order valence-corrected chi connectivity index (χ2v) is 4.92. The normalized spacial score (nSPS) is 10.9. The van der Waals surface area contributed by atoms with Crippen molar-refractivity contribution in [1.29, 1.82) is 0 Å². The maximum atomic E-state index is 6.12. The standard InChI is InChI=1S/C16H17N3O/c1-10-7-8-14(20-3)13(9-10)19-15-11(2)5-4-6-12(15)18-16(19)17/h4-9H,1-3H3,(H2,17,18). The highest BCUT2D eigenvalue weighted by atomic mass is 16.5. The van der Waals surface area contributed by atoms with Crippen LogP contribution in [0, 0.1) is 13.8 Å². The highest BCUT2D eigenvalue weighted by Gasteiger charge is 2.15. The van der Waals surface area contributed by atoms with Gasteiger partial charge in [0.15, 0.2) is 0 Å². The van der Waals surface area contributed by atoms with Gasteiger partial charge in [-0.2, -0.15) is 0 Å². The average molecular weight is 267 g/mol. The van der Waals surface area contributed by atoms with Gasteiger partial charge in [-0.15, -0.1) is 0 Å². The lowest BCUT2D eigenvalue weighted by atomic mass is 10.1. The van der Waals surface area contributed by atoms with Gasteiger partial charge in [0, 0.05) is 0 Å². The number of para-hydroxylation sites is 1. The van der Waals surface area contributed by atoms with Crippen LogP contribution in [0.3, 0.4) is 0 Å². The summed E-state index contributed by atoms with van der Waals surface area (Å²) in [7, 11) is 1.66. The number of imidazole rings is 1. The lowest BCUT2D eigenvalue weighted by Crippen LogP contribution is -2.04. The largest absolute Gasteiger partial charge is 0.495 e. The molecule has 20 heavy (non-hydrogen) atoms. The second-order valence-electron chi connectivity index (χ2n) is 4.92. The lowest BCUT2D eigenvalue weighted by molar-refractivity contribution is 0.413. The summed E-state index contributed by atoms with van der Waals surface area (Å²) in [5, 5.41) is 0. The van der Waals surface area contributed by atoms with E-state index in [9.17, 15) is 0 Å². The van der Waals surface area contributed by atoms with Crippen LogP contribution in [0.1, 0.15) is 11.1 Å². The third-order valence-corrected chi connectivity index (χ3v) is 3.48. The van der Waals surface area contributed by atoms with Crippen molar-refractivity contribution in [3.8, 4) is 11.4 Å². The topological polar surface area (TPSA) is 53.1 Å². The highest BCUT2D eigenvalue weighted by Crippen LogP contribution is 2.31. The molecule has 0 unspecified atom stereocenters. The van der Waals surface area contributed by atoms with Gasteiger partial charge < -0.3 is 10.5 Å². The number of ether oxygens (including phenoxy) is 1. The average Bonchev–Trinajstić information content (AvgIpc) is 2.76. The Kier molecular flexibility index (Phi) is 2.86. The predicted molar refractivity (Wildman–Crippen MR) is 81.5 cm³/mol. The Balaban J connectivity index is 2.40. The van der Waals surface area contributed by atoms with Gasteiger partial charge in [-0.25, -0.2) is 4.98 Å². The molecule has 1 heterocycles. The zero-order chi connectivity index (χ0) is 14.3. The van der Waals surface area contributed by atoms with Crippen molar-refractivity contribution in [1.82, 2.24) is 9.55 Å². The maximum Gasteiger partial charge on any atom is 0.206 e. The van der Waals surface area contributed by atoms with E-state index in [-0.39, 0.29) is 0 Å². The fourth-order valence-electron chi connectivity index (χ4n) is 2.53. The van der Waals surface area contributed by atoms with Crippen molar-refractivity contribution in [2.45, 2.75) is 13.8 Å². The van der Waals surface area contributed by atoms with E-state index in [1.54, 1.807) is 7.11 Å². The Morgan fingerprint density at radius 2 is 1.95 bits per heavy atom. The quantitative estimate of drug-likeness (QED) is 0.775. The first-order valence-corrected chi connectivity index (χ1v) is 6.50. The number of anilines is 1. The van der Waals surface area contributed by atoms with Crippen molar-refractivity contribution >= 4 is 17.0 Å². The second kappa shape index (κ2) is 4.56. The minimum absolute atomic E-state index is 0.471. The number of nitrogen functional groups attached to an aromatic ring is 1. The lowest BCUT2D eigenvalue weighted by Gasteiger charge is -2.13. The summed E-state index contributed by atoms with van der Waals surface area (Å²) in [5.74, 6) is 1.25. The summed E-state index contributed by atoms with van der Waals surface area (Å²) in [6, 6.07) is 12.0. The number of aryl methyl sites for hydroxylation is 2. The molecular weight excluding hydrogens is 250 g/mol. The van der Waals surface area contributed by atoms with Gasteiger partial charge in [0.25, 0.3) is 0 Å². The first kappa shape index (κ1) is 12.5. The van der Waals surface area contributed by atoms with E-state index in [1.165, 1.54) is 0 Å². The summed E-state index contributed by atoms with van der Waals surface area (Å²) in [5.41, 5.74) is 11.2. The van der Waals surface area contributed by atoms with Crippen LogP contribution in [-0.2, 0) is 0 Å². The van der Waals surface area contributed by atoms with Crippen molar-refractivity contribution in [3.63, 3.8) is 0 Å². The Hall–Kier alpha value is -2.49. The first-order valence-electron chi connectivity index (χ1n) is 6.50. The number of fused-ring (bicyclic) bond motifs is 1. The molecule has 0 atom stereocenters. The van der Waals surface area contributed by atoms with Gasteiger partial charge in [-0.05, 0) is 43.2 Å². The van der Waals surface area contributed by atoms with E-state index in [0.29, 0.717) is 5.95 Å². The van der Waals surface area contributed by atoms with Gasteiger partial charge >= 0.3 is 0 Å². The maximum absolute atomic E-state index is 6.12. The molecule has 102 valence electrons. The molecule has 0 aliphatic rings. The van der Waals surface area contributed by atoms with Gasteiger partial charge in [0.2, 0.25) is 5.95 Å². The van der Waals surface area contributed by atoms with Gasteiger partial charge in [0.1, 0.15) is 5.75 Å². The number of hydrogen-bond donors (Lipinski definition) is 1. The Morgan fingerprint density at radius 3 is 2.70 bits per heavy atom. The van der Waals surface area contributed by atoms with E-state index < -0.39 is 0 Å². The fraction of sp³-hybridized carbons (Fsp3) is 0.188. The summed E-state index contributed by atoms with van der Waals surface area (Å²) in [6.07, 6.45) is 0. The van der Waals surface area contributed by atoms with Crippen LogP contribution < -0.4 is 10.5 Å². The molecule has 0 saturated carbocycles. The Labute approximate surface area is 117 Å². The van der Waals surface area contributed by atoms with Gasteiger partial charge in [-0.1, -0.05) is 18.2 Å². The molecule has 0 aliphatic heterocycles. The zero-order valence-electron chi connectivity index (χ0n) is 11.8. The van der Waals surface area contributed by atoms with Crippen LogP contribution >= 0.6 is 0 Å². The molecule has 0 bridgehead atoms. The van der Waals surface area contributed by atoms with Crippen LogP contribution in [0.4, 0.5) is 5.95 Å². The monoisotopic (exact) mass is 267 g/mol. The molecule has 0 saturated heterocycles. The smallest absolute Gasteiger partial charge is 0.206 e. The van der Waals surface area contributed by atoms with Crippen molar-refractivity contribution in [3.05, 3.63) is 47.5 Å². The minimum atomic E-state index is 0.471. The number of methoxy groups -OCH3 is 1. The molecule has 2 N–H and O–H groups in total. The van der Waals surface area contributed by atoms with E-state index >= 15 is 0 Å². The Bertz CT molecular complexity index is 790. The molecule has 3 rings (SSSR count). The number of aromatic nitrogens is 2. The van der Waals surface area contributed by atoms with Crippen molar-refractivity contribution < 1.29 is 4.74 Å². The summed E-state index contributed by atoms with van der Waals surface area (Å²) in [4.78, 5) is 4.44. The van der Waals surface area contributed by atoms with E-state index in [1.807, 2.05) is 35.8 Å². The molecule has 0 fully saturated rings. The number of rotatable bonds is 2. The predicted octanol–water partition coefficient (Wildman–Crippen LogP) is 3.23. The van der Waals surface area contributed by atoms with Crippen LogP contribution in [0.2, 0.25) is 0 Å². The van der Waals surface area contributed by atoms with Crippen LogP contribution in [0.25, 0.3) is 16.7 Å². The molecule has 0 radical (unpaired) electrons. The third kappa shape index (κ3) is 1.81. The molecule has 4 nitrogen and oxygen atoms in total. The number of nitrogens with zero attached hydrogens (tertiary/aromatic N) is 2. The zero-order valence-corrected chi connectivity index (χ0v) is 11.8. The molecule has 0 amide bonds. The first-order chi connectivity index (χ1) is 9.61. The molecule has 0 aliphatic carbocycles. The SMILES string of the molecule is COc1ccc(C)cc1-n1c(N)nc2cccc(C)c21. The molecule has 0 spiro atoms. The van der Waals surface area contributed by atoms with E-state index in [4.69, 9.17) is 10.5 Å². The number of benzene rings is 2.